The van der Waals surface area contributed by atoms with Crippen LogP contribution in [0.5, 0.6) is 0 Å². The van der Waals surface area contributed by atoms with Crippen molar-refractivity contribution in [2.75, 3.05) is 13.2 Å². The normalized spacial score (nSPS) is 13.1. The topological polar surface area (TPSA) is 78.9 Å². The van der Waals surface area contributed by atoms with Crippen molar-refractivity contribution in [3.63, 3.8) is 0 Å². The van der Waals surface area contributed by atoms with E-state index in [1.54, 1.807) is 0 Å². The predicted molar refractivity (Wildman–Crippen MR) is 357 cm³/mol. The number of ether oxygens (including phenoxy) is 3. The first-order valence-electron chi connectivity index (χ1n) is 33.8. The Balaban J connectivity index is 4.35. The van der Waals surface area contributed by atoms with Crippen molar-refractivity contribution in [2.45, 2.75) is 303 Å². The van der Waals surface area contributed by atoms with E-state index in [-0.39, 0.29) is 31.1 Å². The molecule has 0 fully saturated rings. The summed E-state index contributed by atoms with van der Waals surface area (Å²) in [6.45, 7) is 6.38. The Morgan fingerprint density at radius 3 is 0.744 bits per heavy atom. The van der Waals surface area contributed by atoms with Crippen LogP contribution in [0.15, 0.2) is 146 Å². The van der Waals surface area contributed by atoms with Gasteiger partial charge >= 0.3 is 17.9 Å². The third-order valence-electron chi connectivity index (χ3n) is 14.1. The van der Waals surface area contributed by atoms with Crippen LogP contribution in [0.3, 0.4) is 0 Å². The van der Waals surface area contributed by atoms with Crippen LogP contribution in [0.25, 0.3) is 0 Å². The van der Waals surface area contributed by atoms with Crippen molar-refractivity contribution in [1.82, 2.24) is 0 Å². The van der Waals surface area contributed by atoms with E-state index in [1.165, 1.54) is 96.3 Å². The van der Waals surface area contributed by atoms with Gasteiger partial charge < -0.3 is 14.2 Å². The van der Waals surface area contributed by atoms with E-state index < -0.39 is 6.10 Å². The lowest BCUT2D eigenvalue weighted by atomic mass is 10.1. The van der Waals surface area contributed by atoms with Crippen LogP contribution in [0.4, 0.5) is 0 Å². The highest BCUT2D eigenvalue weighted by Crippen LogP contribution is 2.15. The van der Waals surface area contributed by atoms with E-state index in [9.17, 15) is 14.4 Å². The second-order valence-electron chi connectivity index (χ2n) is 22.0. The minimum absolute atomic E-state index is 0.0941. The summed E-state index contributed by atoms with van der Waals surface area (Å²) in [5.41, 5.74) is 0. The fraction of sp³-hybridized carbons (Fsp3) is 0.645. The molecule has 0 aromatic carbocycles. The van der Waals surface area contributed by atoms with Crippen molar-refractivity contribution in [3.8, 4) is 0 Å². The molecular formula is C76H124O6. The zero-order valence-corrected chi connectivity index (χ0v) is 53.2. The fourth-order valence-electron chi connectivity index (χ4n) is 9.06. The van der Waals surface area contributed by atoms with Crippen LogP contribution in [0, 0.1) is 0 Å². The average Bonchev–Trinajstić information content (AvgIpc) is 3.47. The number of hydrogen-bond donors (Lipinski definition) is 0. The van der Waals surface area contributed by atoms with Crippen molar-refractivity contribution < 1.29 is 28.6 Å². The molecule has 464 valence electrons. The third-order valence-corrected chi connectivity index (χ3v) is 14.1. The van der Waals surface area contributed by atoms with Gasteiger partial charge in [0, 0.05) is 19.3 Å². The lowest BCUT2D eigenvalue weighted by molar-refractivity contribution is -0.167. The molecule has 0 rings (SSSR count). The van der Waals surface area contributed by atoms with Gasteiger partial charge in [0.05, 0.1) is 0 Å². The summed E-state index contributed by atoms with van der Waals surface area (Å²) in [6.07, 6.45) is 98.5. The summed E-state index contributed by atoms with van der Waals surface area (Å²) >= 11 is 0. The molecule has 6 nitrogen and oxygen atoms in total. The monoisotopic (exact) mass is 1130 g/mol. The SMILES string of the molecule is CC/C=C\C/C=C\C/C=C\C/C=C\C/C=C\C/C=C\C/C=C\CCCCCCCCCCCC(=O)OCC(COC(=O)CCCCCCC/C=C\C/C=C\C/C=C\CC)OC(=O)CCCCCCCCC/C=C\C/C=C\CCCCCC. The zero-order valence-electron chi connectivity index (χ0n) is 53.2. The number of carbonyl (C=O) groups excluding carboxylic acids is 3. The maximum Gasteiger partial charge on any atom is 0.306 e. The first-order valence-corrected chi connectivity index (χ1v) is 33.8. The number of unbranched alkanes of at least 4 members (excludes halogenated alkanes) is 25. The van der Waals surface area contributed by atoms with Crippen molar-refractivity contribution in [1.29, 1.82) is 0 Å². The van der Waals surface area contributed by atoms with E-state index in [2.05, 4.69) is 167 Å². The Bertz CT molecular complexity index is 1780. The molecule has 0 N–H and O–H groups in total. The molecule has 0 heterocycles. The Hall–Kier alpha value is -4.71. The lowest BCUT2D eigenvalue weighted by Gasteiger charge is -2.18. The average molecular weight is 1130 g/mol. The van der Waals surface area contributed by atoms with Gasteiger partial charge in [-0.1, -0.05) is 282 Å². The van der Waals surface area contributed by atoms with Crippen LogP contribution in [0.2, 0.25) is 0 Å². The smallest absolute Gasteiger partial charge is 0.306 e. The summed E-state index contributed by atoms with van der Waals surface area (Å²) in [4.78, 5) is 38.4. The van der Waals surface area contributed by atoms with Gasteiger partial charge in [0.25, 0.3) is 0 Å². The van der Waals surface area contributed by atoms with Crippen molar-refractivity contribution >= 4 is 17.9 Å². The van der Waals surface area contributed by atoms with Gasteiger partial charge in [-0.05, 0) is 141 Å². The molecule has 6 heteroatoms. The largest absolute Gasteiger partial charge is 0.462 e. The van der Waals surface area contributed by atoms with E-state index in [0.29, 0.717) is 19.3 Å². The van der Waals surface area contributed by atoms with Gasteiger partial charge in [-0.3, -0.25) is 14.4 Å². The lowest BCUT2D eigenvalue weighted by Crippen LogP contribution is -2.30. The summed E-state index contributed by atoms with van der Waals surface area (Å²) in [7, 11) is 0. The number of esters is 3. The molecule has 0 amide bonds. The first kappa shape index (κ1) is 77.3. The fourth-order valence-corrected chi connectivity index (χ4v) is 9.06. The van der Waals surface area contributed by atoms with E-state index in [4.69, 9.17) is 14.2 Å². The van der Waals surface area contributed by atoms with Crippen LogP contribution >= 0.6 is 0 Å². The Kier molecular flexibility index (Phi) is 64.8. The summed E-state index contributed by atoms with van der Waals surface area (Å²) in [5.74, 6) is -0.921. The maximum atomic E-state index is 12.9. The van der Waals surface area contributed by atoms with Gasteiger partial charge in [-0.25, -0.2) is 0 Å². The van der Waals surface area contributed by atoms with Crippen LogP contribution in [0.1, 0.15) is 297 Å². The van der Waals surface area contributed by atoms with Crippen LogP contribution in [-0.2, 0) is 28.6 Å². The first-order chi connectivity index (χ1) is 40.5. The van der Waals surface area contributed by atoms with Crippen LogP contribution < -0.4 is 0 Å². The highest BCUT2D eigenvalue weighted by atomic mass is 16.6. The molecule has 0 saturated heterocycles. The number of hydrogen-bond acceptors (Lipinski definition) is 6. The number of allylic oxidation sites excluding steroid dienone is 24. The predicted octanol–water partition coefficient (Wildman–Crippen LogP) is 23.5. The van der Waals surface area contributed by atoms with Crippen LogP contribution in [-0.4, -0.2) is 37.2 Å². The number of carbonyl (C=O) groups is 3. The van der Waals surface area contributed by atoms with E-state index in [0.717, 1.165) is 161 Å². The molecular weight excluding hydrogens is 1010 g/mol. The molecule has 0 aliphatic rings. The zero-order chi connectivity index (χ0) is 59.2. The highest BCUT2D eigenvalue weighted by molar-refractivity contribution is 5.71. The van der Waals surface area contributed by atoms with Gasteiger partial charge in [0.1, 0.15) is 13.2 Å². The minimum atomic E-state index is -0.799. The van der Waals surface area contributed by atoms with Gasteiger partial charge in [-0.2, -0.15) is 0 Å². The molecule has 0 aliphatic heterocycles. The molecule has 82 heavy (non-hydrogen) atoms. The van der Waals surface area contributed by atoms with E-state index >= 15 is 0 Å². The number of rotatable bonds is 60. The molecule has 0 aliphatic carbocycles. The molecule has 0 aromatic rings. The molecule has 1 atom stereocenters. The minimum Gasteiger partial charge on any atom is -0.462 e. The molecule has 0 bridgehead atoms. The van der Waals surface area contributed by atoms with Crippen molar-refractivity contribution in [3.05, 3.63) is 146 Å². The Labute approximate surface area is 506 Å². The summed E-state index contributed by atoms with van der Waals surface area (Å²) in [5, 5.41) is 0. The molecule has 0 saturated carbocycles. The standard InChI is InChI=1S/C76H124O6/c1-4-7-10-13-16-19-22-25-28-30-32-33-34-35-36-37-38-39-40-41-42-43-44-46-48-51-54-57-60-63-66-69-75(78)81-72-73(71-80-74(77)68-65-62-59-56-53-50-47-27-24-21-18-15-12-9-6-3)82-76(79)70-67-64-61-58-55-52-49-45-31-29-26-23-20-17-14-11-8-5-2/h7,9-10,12,16,18-21,23,25,27-29,31-33,35-36,38-39,41-42,47,73H,4-6,8,11,13-15,17,22,24,26,30,34,37,40,43-46,48-72H2,1-3H3/b10-7-,12-9-,19-16-,21-18-,23-20-,28-25-,31-29-,33-32-,36-35-,39-38-,42-41-,47-27-. The molecule has 1 unspecified atom stereocenters. The highest BCUT2D eigenvalue weighted by Gasteiger charge is 2.19. The third kappa shape index (κ3) is 66.1. The Morgan fingerprint density at radius 2 is 0.476 bits per heavy atom. The maximum absolute atomic E-state index is 12.9. The van der Waals surface area contributed by atoms with Gasteiger partial charge in [0.15, 0.2) is 6.10 Å². The second kappa shape index (κ2) is 68.8. The van der Waals surface area contributed by atoms with E-state index in [1.807, 2.05) is 0 Å². The van der Waals surface area contributed by atoms with Gasteiger partial charge in [0.2, 0.25) is 0 Å². The van der Waals surface area contributed by atoms with Crippen molar-refractivity contribution in [2.24, 2.45) is 0 Å². The summed E-state index contributed by atoms with van der Waals surface area (Å²) in [6, 6.07) is 0. The molecule has 0 radical (unpaired) electrons. The molecule has 0 spiro atoms. The quantitative estimate of drug-likeness (QED) is 0.0261. The Morgan fingerprint density at radius 1 is 0.256 bits per heavy atom. The second-order valence-corrected chi connectivity index (χ2v) is 22.0. The van der Waals surface area contributed by atoms with Gasteiger partial charge in [-0.15, -0.1) is 0 Å². The summed E-state index contributed by atoms with van der Waals surface area (Å²) < 4.78 is 16.9. The molecule has 0 aromatic heterocycles.